The van der Waals surface area contributed by atoms with Gasteiger partial charge in [-0.15, -0.1) is 11.3 Å². The summed E-state index contributed by atoms with van der Waals surface area (Å²) < 4.78 is 5.54. The van der Waals surface area contributed by atoms with Crippen LogP contribution < -0.4 is 0 Å². The van der Waals surface area contributed by atoms with Crippen LogP contribution in [0.1, 0.15) is 39.0 Å². The van der Waals surface area contributed by atoms with E-state index in [1.807, 2.05) is 0 Å². The van der Waals surface area contributed by atoms with E-state index in [9.17, 15) is 5.11 Å². The number of aliphatic hydroxyl groups excluding tert-OH is 1. The fourth-order valence-electron chi connectivity index (χ4n) is 2.09. The van der Waals surface area contributed by atoms with Crippen LogP contribution in [-0.4, -0.2) is 42.4 Å². The Morgan fingerprint density at radius 2 is 1.95 bits per heavy atom. The maximum Gasteiger partial charge on any atom is 0.0900 e. The van der Waals surface area contributed by atoms with Gasteiger partial charge in [-0.3, -0.25) is 4.90 Å². The number of thiophene rings is 1. The molecule has 4 heteroatoms. The number of ether oxygens (including phenoxy) is 1. The fraction of sp³-hybridized carbons (Fsp3) is 0.765. The van der Waals surface area contributed by atoms with Crippen molar-refractivity contribution in [1.82, 2.24) is 4.90 Å². The summed E-state index contributed by atoms with van der Waals surface area (Å²) in [6, 6.07) is 4.25. The largest absolute Gasteiger partial charge is 0.389 e. The third kappa shape index (κ3) is 9.25. The third-order valence-corrected chi connectivity index (χ3v) is 4.07. The molecule has 0 aliphatic heterocycles. The van der Waals surface area contributed by atoms with Crippen molar-refractivity contribution in [3.8, 4) is 0 Å². The molecule has 0 unspecified atom stereocenters. The second kappa shape index (κ2) is 10.3. The number of hydrogen-bond donors (Lipinski definition) is 1. The van der Waals surface area contributed by atoms with Crippen molar-refractivity contribution in [3.05, 3.63) is 22.4 Å². The molecule has 0 aromatic carbocycles. The van der Waals surface area contributed by atoms with Gasteiger partial charge in [0.05, 0.1) is 12.7 Å². The molecule has 3 nitrogen and oxygen atoms in total. The molecule has 122 valence electrons. The summed E-state index contributed by atoms with van der Waals surface area (Å²) in [7, 11) is 0. The van der Waals surface area contributed by atoms with E-state index < -0.39 is 6.10 Å². The topological polar surface area (TPSA) is 32.7 Å². The maximum atomic E-state index is 10.2. The van der Waals surface area contributed by atoms with Gasteiger partial charge >= 0.3 is 0 Å². The first-order chi connectivity index (χ1) is 9.97. The van der Waals surface area contributed by atoms with E-state index in [2.05, 4.69) is 50.1 Å². The molecule has 1 atom stereocenters. The van der Waals surface area contributed by atoms with Crippen molar-refractivity contribution in [2.45, 2.75) is 46.8 Å². The van der Waals surface area contributed by atoms with Crippen LogP contribution in [0.4, 0.5) is 0 Å². The van der Waals surface area contributed by atoms with Gasteiger partial charge in [0.25, 0.3) is 0 Å². The van der Waals surface area contributed by atoms with Crippen molar-refractivity contribution < 1.29 is 9.84 Å². The monoisotopic (exact) mass is 313 g/mol. The highest BCUT2D eigenvalue weighted by Crippen LogP contribution is 2.14. The molecule has 1 rings (SSSR count). The number of aliphatic hydroxyl groups is 1. The lowest BCUT2D eigenvalue weighted by Gasteiger charge is -2.25. The Bertz CT molecular complexity index is 352. The van der Waals surface area contributed by atoms with Gasteiger partial charge in [0.1, 0.15) is 0 Å². The van der Waals surface area contributed by atoms with E-state index >= 15 is 0 Å². The molecule has 0 radical (unpaired) electrons. The summed E-state index contributed by atoms with van der Waals surface area (Å²) in [5.74, 6) is 1.20. The van der Waals surface area contributed by atoms with E-state index in [1.54, 1.807) is 11.3 Å². The summed E-state index contributed by atoms with van der Waals surface area (Å²) in [4.78, 5) is 3.70. The van der Waals surface area contributed by atoms with Gasteiger partial charge in [-0.25, -0.2) is 0 Å². The molecule has 0 bridgehead atoms. The maximum absolute atomic E-state index is 10.2. The van der Waals surface area contributed by atoms with E-state index in [0.717, 1.165) is 19.5 Å². The quantitative estimate of drug-likeness (QED) is 0.677. The van der Waals surface area contributed by atoms with Gasteiger partial charge < -0.3 is 9.84 Å². The Hall–Kier alpha value is -0.420. The molecule has 0 spiro atoms. The van der Waals surface area contributed by atoms with Crippen LogP contribution in [0.5, 0.6) is 0 Å². The molecule has 0 amide bonds. The summed E-state index contributed by atoms with van der Waals surface area (Å²) in [6.45, 7) is 12.5. The molecule has 1 aromatic rings. The number of rotatable bonds is 11. The Morgan fingerprint density at radius 3 is 2.52 bits per heavy atom. The van der Waals surface area contributed by atoms with Crippen molar-refractivity contribution in [2.24, 2.45) is 11.8 Å². The summed E-state index contributed by atoms with van der Waals surface area (Å²) in [5.41, 5.74) is 0. The second-order valence-corrected chi connectivity index (χ2v) is 7.61. The van der Waals surface area contributed by atoms with Gasteiger partial charge in [0.2, 0.25) is 0 Å². The van der Waals surface area contributed by atoms with Crippen molar-refractivity contribution in [3.63, 3.8) is 0 Å². The highest BCUT2D eigenvalue weighted by molar-refractivity contribution is 7.09. The lowest BCUT2D eigenvalue weighted by molar-refractivity contribution is 0.00643. The molecule has 21 heavy (non-hydrogen) atoms. The van der Waals surface area contributed by atoms with Crippen LogP contribution in [0.2, 0.25) is 0 Å². The first-order valence-electron chi connectivity index (χ1n) is 7.98. The van der Waals surface area contributed by atoms with Crippen LogP contribution in [0.15, 0.2) is 17.5 Å². The Balaban J connectivity index is 2.39. The predicted octanol–water partition coefficient (Wildman–Crippen LogP) is 3.63. The summed E-state index contributed by atoms with van der Waals surface area (Å²) >= 11 is 1.78. The van der Waals surface area contributed by atoms with Crippen LogP contribution >= 0.6 is 11.3 Å². The van der Waals surface area contributed by atoms with Crippen LogP contribution in [0.25, 0.3) is 0 Å². The Morgan fingerprint density at radius 1 is 1.19 bits per heavy atom. The summed E-state index contributed by atoms with van der Waals surface area (Å²) in [5, 5.41) is 12.3. The summed E-state index contributed by atoms with van der Waals surface area (Å²) in [6.07, 6.45) is 0.751. The standard InChI is InChI=1S/C17H31NO2S/c1-14(2)7-8-18(11-17-6-5-9-21-17)10-16(19)13-20-12-15(3)4/h5-6,9,14-16,19H,7-8,10-13H2,1-4H3/t16-/m1/s1. The molecule has 0 aliphatic rings. The normalized spacial score (nSPS) is 13.5. The lowest BCUT2D eigenvalue weighted by Crippen LogP contribution is -2.35. The molecule has 0 saturated carbocycles. The smallest absolute Gasteiger partial charge is 0.0900 e. The molecule has 0 saturated heterocycles. The minimum Gasteiger partial charge on any atom is -0.389 e. The van der Waals surface area contributed by atoms with Crippen molar-refractivity contribution in [2.75, 3.05) is 26.3 Å². The Kier molecular flexibility index (Phi) is 9.16. The average Bonchev–Trinajstić information content (AvgIpc) is 2.88. The molecule has 0 fully saturated rings. The van der Waals surface area contributed by atoms with E-state index in [4.69, 9.17) is 4.74 Å². The number of hydrogen-bond acceptors (Lipinski definition) is 4. The van der Waals surface area contributed by atoms with Crippen molar-refractivity contribution >= 4 is 11.3 Å². The minimum absolute atomic E-state index is 0.407. The zero-order valence-corrected chi connectivity index (χ0v) is 14.7. The first-order valence-corrected chi connectivity index (χ1v) is 8.86. The Labute approximate surface area is 133 Å². The molecule has 1 aromatic heterocycles. The molecular weight excluding hydrogens is 282 g/mol. The van der Waals surface area contributed by atoms with Crippen molar-refractivity contribution in [1.29, 1.82) is 0 Å². The van der Waals surface area contributed by atoms with Crippen LogP contribution in [0, 0.1) is 11.8 Å². The second-order valence-electron chi connectivity index (χ2n) is 6.58. The van der Waals surface area contributed by atoms with E-state index in [1.165, 1.54) is 4.88 Å². The lowest BCUT2D eigenvalue weighted by atomic mass is 10.1. The van der Waals surface area contributed by atoms with Gasteiger partial charge in [-0.2, -0.15) is 0 Å². The van der Waals surface area contributed by atoms with E-state index in [-0.39, 0.29) is 0 Å². The van der Waals surface area contributed by atoms with Gasteiger partial charge in [-0.1, -0.05) is 33.8 Å². The molecule has 0 aliphatic carbocycles. The molecule has 1 heterocycles. The third-order valence-electron chi connectivity index (χ3n) is 3.21. The predicted molar refractivity (Wildman–Crippen MR) is 90.7 cm³/mol. The first kappa shape index (κ1) is 18.6. The minimum atomic E-state index is -0.407. The van der Waals surface area contributed by atoms with Gasteiger partial charge in [-0.05, 0) is 36.2 Å². The zero-order chi connectivity index (χ0) is 15.7. The SMILES string of the molecule is CC(C)CCN(Cc1cccs1)C[C@@H](O)COCC(C)C. The highest BCUT2D eigenvalue weighted by Gasteiger charge is 2.14. The highest BCUT2D eigenvalue weighted by atomic mass is 32.1. The van der Waals surface area contributed by atoms with E-state index in [0.29, 0.717) is 31.6 Å². The van der Waals surface area contributed by atoms with Gasteiger partial charge in [0, 0.05) is 24.6 Å². The van der Waals surface area contributed by atoms with Gasteiger partial charge in [0.15, 0.2) is 0 Å². The van der Waals surface area contributed by atoms with Crippen LogP contribution in [0.3, 0.4) is 0 Å². The number of nitrogens with zero attached hydrogens (tertiary/aromatic N) is 1. The fourth-order valence-corrected chi connectivity index (χ4v) is 2.84. The molecule has 1 N–H and O–H groups in total. The zero-order valence-electron chi connectivity index (χ0n) is 13.9. The van der Waals surface area contributed by atoms with Crippen LogP contribution in [-0.2, 0) is 11.3 Å². The average molecular weight is 314 g/mol. The molecular formula is C17H31NO2S.